The molecule has 0 spiro atoms. The second-order valence-electron chi connectivity index (χ2n) is 13.7. The zero-order valence-electron chi connectivity index (χ0n) is 31.4. The maximum absolute atomic E-state index is 5.19. The molecular formula is C48H43N7. The molecule has 0 aliphatic carbocycles. The molecule has 0 aliphatic heterocycles. The van der Waals surface area contributed by atoms with Crippen LogP contribution in [0.5, 0.6) is 0 Å². The van der Waals surface area contributed by atoms with E-state index in [1.54, 1.807) is 4.80 Å². The molecule has 0 bridgehead atoms. The average Bonchev–Trinajstić information content (AvgIpc) is 3.75. The third-order valence-corrected chi connectivity index (χ3v) is 10.2. The first kappa shape index (κ1) is 35.3. The van der Waals surface area contributed by atoms with Gasteiger partial charge in [-0.15, -0.1) is 15.0 Å². The highest BCUT2D eigenvalue weighted by Crippen LogP contribution is 2.40. The van der Waals surface area contributed by atoms with Crippen molar-refractivity contribution in [2.75, 3.05) is 5.32 Å². The molecule has 6 aromatic carbocycles. The lowest BCUT2D eigenvalue weighted by Gasteiger charge is -2.34. The molecule has 0 amide bonds. The Kier molecular flexibility index (Phi) is 10.1. The molecule has 8 rings (SSSR count). The van der Waals surface area contributed by atoms with Gasteiger partial charge in [0.05, 0.1) is 5.69 Å². The zero-order valence-corrected chi connectivity index (χ0v) is 31.4. The van der Waals surface area contributed by atoms with Gasteiger partial charge in [0, 0.05) is 24.1 Å². The van der Waals surface area contributed by atoms with Gasteiger partial charge in [-0.3, -0.25) is 0 Å². The van der Waals surface area contributed by atoms with E-state index in [0.29, 0.717) is 12.4 Å². The second kappa shape index (κ2) is 15.7. The lowest BCUT2D eigenvalue weighted by molar-refractivity contribution is 0.396. The summed E-state index contributed by atoms with van der Waals surface area (Å²) in [7, 11) is 0. The lowest BCUT2D eigenvalue weighted by atomic mass is 9.77. The molecule has 1 N–H and O–H groups in total. The summed E-state index contributed by atoms with van der Waals surface area (Å²) >= 11 is 0. The van der Waals surface area contributed by atoms with E-state index >= 15 is 0 Å². The third kappa shape index (κ3) is 6.93. The number of aryl methyl sites for hydroxylation is 3. The Morgan fingerprint density at radius 1 is 0.564 bits per heavy atom. The minimum Gasteiger partial charge on any atom is -0.365 e. The number of benzene rings is 6. The topological polar surface area (TPSA) is 81.4 Å². The summed E-state index contributed by atoms with van der Waals surface area (Å²) < 4.78 is 0. The minimum atomic E-state index is -0.850. The van der Waals surface area contributed by atoms with Crippen molar-refractivity contribution >= 4 is 5.82 Å². The van der Waals surface area contributed by atoms with Crippen LogP contribution in [-0.4, -0.2) is 30.2 Å². The van der Waals surface area contributed by atoms with E-state index < -0.39 is 5.54 Å². The summed E-state index contributed by atoms with van der Waals surface area (Å²) in [5, 5.41) is 18.4. The van der Waals surface area contributed by atoms with Gasteiger partial charge in [-0.2, -0.15) is 0 Å². The van der Waals surface area contributed by atoms with Crippen LogP contribution in [0.1, 0.15) is 53.2 Å². The predicted molar refractivity (Wildman–Crippen MR) is 222 cm³/mol. The van der Waals surface area contributed by atoms with Gasteiger partial charge in [0.15, 0.2) is 5.54 Å². The van der Waals surface area contributed by atoms with Crippen molar-refractivity contribution in [3.05, 3.63) is 203 Å². The molecular weight excluding hydrogens is 675 g/mol. The number of hydrogen-bond donors (Lipinski definition) is 1. The number of aromatic nitrogens is 6. The van der Waals surface area contributed by atoms with Crippen LogP contribution in [0.25, 0.3) is 33.6 Å². The van der Waals surface area contributed by atoms with Crippen molar-refractivity contribution in [2.45, 2.75) is 45.7 Å². The Morgan fingerprint density at radius 3 is 1.67 bits per heavy atom. The molecule has 7 heteroatoms. The van der Waals surface area contributed by atoms with Crippen LogP contribution in [0.15, 0.2) is 164 Å². The molecule has 0 unspecified atom stereocenters. The van der Waals surface area contributed by atoms with Crippen molar-refractivity contribution in [3.8, 4) is 33.6 Å². The van der Waals surface area contributed by atoms with Gasteiger partial charge in [0.2, 0.25) is 5.82 Å². The fraction of sp³-hybridized carbons (Fsp3) is 0.146. The van der Waals surface area contributed by atoms with Gasteiger partial charge in [0.1, 0.15) is 11.6 Å². The molecule has 2 aromatic heterocycles. The van der Waals surface area contributed by atoms with Gasteiger partial charge >= 0.3 is 0 Å². The average molecular weight is 718 g/mol. The molecule has 0 saturated heterocycles. The molecule has 0 saturated carbocycles. The second-order valence-corrected chi connectivity index (χ2v) is 13.7. The molecule has 7 nitrogen and oxygen atoms in total. The highest BCUT2D eigenvalue weighted by molar-refractivity contribution is 5.81. The van der Waals surface area contributed by atoms with E-state index in [4.69, 9.17) is 25.4 Å². The molecule has 55 heavy (non-hydrogen) atoms. The van der Waals surface area contributed by atoms with E-state index in [9.17, 15) is 0 Å². The van der Waals surface area contributed by atoms with Crippen LogP contribution < -0.4 is 5.32 Å². The smallest absolute Gasteiger partial charge is 0.205 e. The van der Waals surface area contributed by atoms with Crippen molar-refractivity contribution < 1.29 is 0 Å². The quantitative estimate of drug-likeness (QED) is 0.127. The summed E-state index contributed by atoms with van der Waals surface area (Å²) in [6.07, 6.45) is 1.61. The van der Waals surface area contributed by atoms with Crippen LogP contribution in [0.4, 0.5) is 5.82 Å². The number of hydrogen-bond acceptors (Lipinski definition) is 6. The highest BCUT2D eigenvalue weighted by atomic mass is 15.6. The van der Waals surface area contributed by atoms with Gasteiger partial charge in [-0.25, -0.2) is 9.97 Å². The van der Waals surface area contributed by atoms with Crippen molar-refractivity contribution in [2.24, 2.45) is 0 Å². The van der Waals surface area contributed by atoms with Crippen LogP contribution >= 0.6 is 0 Å². The first-order chi connectivity index (χ1) is 27.1. The van der Waals surface area contributed by atoms with E-state index in [0.717, 1.165) is 80.2 Å². The Morgan fingerprint density at radius 2 is 1.11 bits per heavy atom. The zero-order chi connectivity index (χ0) is 37.6. The molecule has 0 fully saturated rings. The number of rotatable bonds is 12. The van der Waals surface area contributed by atoms with E-state index in [-0.39, 0.29) is 0 Å². The van der Waals surface area contributed by atoms with Crippen molar-refractivity contribution in [3.63, 3.8) is 0 Å². The monoisotopic (exact) mass is 717 g/mol. The molecule has 0 aliphatic rings. The van der Waals surface area contributed by atoms with Crippen LogP contribution in [0, 0.1) is 6.92 Å². The number of tetrazole rings is 1. The van der Waals surface area contributed by atoms with Crippen LogP contribution in [0.2, 0.25) is 0 Å². The minimum absolute atomic E-state index is 0.555. The fourth-order valence-electron chi connectivity index (χ4n) is 7.39. The summed E-state index contributed by atoms with van der Waals surface area (Å²) in [5.74, 6) is 2.27. The number of nitrogens with one attached hydrogen (secondary N) is 1. The van der Waals surface area contributed by atoms with Gasteiger partial charge < -0.3 is 5.32 Å². The maximum Gasteiger partial charge on any atom is 0.205 e. The van der Waals surface area contributed by atoms with E-state index in [2.05, 4.69) is 166 Å². The molecule has 8 aromatic rings. The van der Waals surface area contributed by atoms with Crippen LogP contribution in [0.3, 0.4) is 0 Å². The number of anilines is 1. The maximum atomic E-state index is 5.19. The normalized spacial score (nSPS) is 11.4. The Balaban J connectivity index is 1.13. The van der Waals surface area contributed by atoms with Crippen molar-refractivity contribution in [1.29, 1.82) is 0 Å². The largest absolute Gasteiger partial charge is 0.365 e. The third-order valence-electron chi connectivity index (χ3n) is 10.2. The SMILES string of the molecule is CCc1nc(CC)c(-c2ccc(C)cc2)c(NCc2ccc(-c3ccccc3-c3nnn(C(c4ccccc4)(c4ccccc4)c4ccccc4)n3)cc2)n1. The summed E-state index contributed by atoms with van der Waals surface area (Å²) in [4.78, 5) is 11.6. The predicted octanol–water partition coefficient (Wildman–Crippen LogP) is 10.3. The first-order valence-electron chi connectivity index (χ1n) is 18.9. The standard InChI is InChI=1S/C48H43N7/c1-4-43-45(37-29-25-34(3)26-30-37)47(51-44(5-2)50-43)49-33-35-27-31-36(32-28-35)41-23-15-16-24-42(41)46-52-54-55(53-46)48(38-17-9-6-10-18-38,39-19-11-7-12-20-39)40-21-13-8-14-22-40/h6-32H,4-5,33H2,1-3H3,(H,49,50,51). The first-order valence-corrected chi connectivity index (χ1v) is 18.9. The van der Waals surface area contributed by atoms with E-state index in [1.807, 2.05) is 24.3 Å². The fourth-order valence-corrected chi connectivity index (χ4v) is 7.39. The lowest BCUT2D eigenvalue weighted by Crippen LogP contribution is -2.39. The Bertz CT molecular complexity index is 2400. The van der Waals surface area contributed by atoms with E-state index in [1.165, 1.54) is 5.56 Å². The molecule has 270 valence electrons. The van der Waals surface area contributed by atoms with Crippen molar-refractivity contribution in [1.82, 2.24) is 30.2 Å². The molecule has 0 atom stereocenters. The van der Waals surface area contributed by atoms with Gasteiger partial charge in [-0.05, 0) is 57.5 Å². The van der Waals surface area contributed by atoms with Crippen LogP contribution in [-0.2, 0) is 24.9 Å². The number of nitrogens with zero attached hydrogens (tertiary/aromatic N) is 6. The Hall–Kier alpha value is -6.73. The molecule has 0 radical (unpaired) electrons. The van der Waals surface area contributed by atoms with Gasteiger partial charge in [-0.1, -0.05) is 183 Å². The molecule has 2 heterocycles. The summed E-state index contributed by atoms with van der Waals surface area (Å²) in [6.45, 7) is 6.99. The highest BCUT2D eigenvalue weighted by Gasteiger charge is 2.41. The summed E-state index contributed by atoms with van der Waals surface area (Å²) in [6, 6.07) is 56.8. The van der Waals surface area contributed by atoms with Gasteiger partial charge in [0.25, 0.3) is 0 Å². The summed E-state index contributed by atoms with van der Waals surface area (Å²) in [5.41, 5.74) is 10.9. The Labute approximate surface area is 322 Å².